The Morgan fingerprint density at radius 2 is 2.27 bits per heavy atom. The number of hydrogen-bond acceptors (Lipinski definition) is 4. The fourth-order valence-electron chi connectivity index (χ4n) is 1.32. The van der Waals surface area contributed by atoms with E-state index in [1.165, 1.54) is 4.68 Å². The lowest BCUT2D eigenvalue weighted by molar-refractivity contribution is 0.558. The molecule has 78 valence electrons. The highest BCUT2D eigenvalue weighted by atomic mass is 35.5. The molecule has 1 heterocycles. The quantitative estimate of drug-likeness (QED) is 0.802. The van der Waals surface area contributed by atoms with Crippen LogP contribution in [0.25, 0.3) is 10.9 Å². The standard InChI is InChI=1S/C9H9ClN4O/c10-6-1-2-7-8(5-6)12-13-14(4-3-11)9(7)15/h1-2,5H,3-4,11H2. The molecule has 6 heteroatoms. The maximum atomic E-state index is 11.8. The zero-order valence-electron chi connectivity index (χ0n) is 7.85. The van der Waals surface area contributed by atoms with Crippen molar-refractivity contribution in [3.63, 3.8) is 0 Å². The van der Waals surface area contributed by atoms with Crippen LogP contribution in [0.4, 0.5) is 0 Å². The maximum Gasteiger partial charge on any atom is 0.277 e. The van der Waals surface area contributed by atoms with Crippen LogP contribution in [0.15, 0.2) is 23.0 Å². The molecule has 2 aromatic rings. The van der Waals surface area contributed by atoms with Crippen molar-refractivity contribution in [1.29, 1.82) is 0 Å². The summed E-state index contributed by atoms with van der Waals surface area (Å²) in [5.41, 5.74) is 5.66. The van der Waals surface area contributed by atoms with Gasteiger partial charge >= 0.3 is 0 Å². The van der Waals surface area contributed by atoms with Crippen molar-refractivity contribution < 1.29 is 0 Å². The number of aromatic nitrogens is 3. The SMILES string of the molecule is NCCn1nnc2cc(Cl)ccc2c1=O. The van der Waals surface area contributed by atoms with Gasteiger partial charge in [-0.1, -0.05) is 16.8 Å². The summed E-state index contributed by atoms with van der Waals surface area (Å²) in [6, 6.07) is 4.90. The third-order valence-electron chi connectivity index (χ3n) is 2.03. The first kappa shape index (κ1) is 10.1. The number of fused-ring (bicyclic) bond motifs is 1. The van der Waals surface area contributed by atoms with Gasteiger partial charge in [-0.3, -0.25) is 4.79 Å². The van der Waals surface area contributed by atoms with E-state index in [9.17, 15) is 4.79 Å². The van der Waals surface area contributed by atoms with Crippen LogP contribution < -0.4 is 11.3 Å². The summed E-state index contributed by atoms with van der Waals surface area (Å²) < 4.78 is 1.25. The predicted octanol–water partition coefficient (Wildman–Crippen LogP) is 0.404. The second-order valence-electron chi connectivity index (χ2n) is 3.07. The lowest BCUT2D eigenvalue weighted by Crippen LogP contribution is -2.27. The van der Waals surface area contributed by atoms with Crippen LogP contribution in [0.3, 0.4) is 0 Å². The van der Waals surface area contributed by atoms with Crippen molar-refractivity contribution in [3.05, 3.63) is 33.6 Å². The second-order valence-corrected chi connectivity index (χ2v) is 3.50. The molecule has 0 aliphatic heterocycles. The van der Waals surface area contributed by atoms with E-state index in [1.54, 1.807) is 18.2 Å². The van der Waals surface area contributed by atoms with Crippen LogP contribution in [0.1, 0.15) is 0 Å². The van der Waals surface area contributed by atoms with Crippen LogP contribution >= 0.6 is 11.6 Å². The van der Waals surface area contributed by atoms with Crippen LogP contribution in [-0.4, -0.2) is 21.5 Å². The molecule has 5 nitrogen and oxygen atoms in total. The van der Waals surface area contributed by atoms with E-state index >= 15 is 0 Å². The van der Waals surface area contributed by atoms with Gasteiger partial charge in [0.1, 0.15) is 5.52 Å². The molecule has 0 unspecified atom stereocenters. The van der Waals surface area contributed by atoms with Gasteiger partial charge in [-0.25, -0.2) is 4.68 Å². The summed E-state index contributed by atoms with van der Waals surface area (Å²) in [7, 11) is 0. The Kier molecular flexibility index (Phi) is 2.66. The fourth-order valence-corrected chi connectivity index (χ4v) is 1.49. The van der Waals surface area contributed by atoms with Crippen LogP contribution in [0.2, 0.25) is 5.02 Å². The van der Waals surface area contributed by atoms with Gasteiger partial charge in [0, 0.05) is 11.6 Å². The van der Waals surface area contributed by atoms with Gasteiger partial charge in [0.2, 0.25) is 0 Å². The normalized spacial score (nSPS) is 10.8. The van der Waals surface area contributed by atoms with E-state index in [0.29, 0.717) is 29.0 Å². The minimum absolute atomic E-state index is 0.192. The van der Waals surface area contributed by atoms with Gasteiger partial charge in [0.15, 0.2) is 0 Å². The average molecular weight is 225 g/mol. The van der Waals surface area contributed by atoms with Gasteiger partial charge in [0.05, 0.1) is 11.9 Å². The summed E-state index contributed by atoms with van der Waals surface area (Å²) in [4.78, 5) is 11.8. The third kappa shape index (κ3) is 1.84. The first-order valence-corrected chi connectivity index (χ1v) is 4.83. The molecule has 0 atom stereocenters. The number of halogens is 1. The van der Waals surface area contributed by atoms with E-state index in [0.717, 1.165) is 0 Å². The molecule has 0 radical (unpaired) electrons. The summed E-state index contributed by atoms with van der Waals surface area (Å²) >= 11 is 5.78. The molecular formula is C9H9ClN4O. The maximum absolute atomic E-state index is 11.8. The molecular weight excluding hydrogens is 216 g/mol. The monoisotopic (exact) mass is 224 g/mol. The number of nitrogens with zero attached hydrogens (tertiary/aromatic N) is 3. The average Bonchev–Trinajstić information content (AvgIpc) is 2.22. The molecule has 0 spiro atoms. The van der Waals surface area contributed by atoms with Crippen molar-refractivity contribution in [2.75, 3.05) is 6.54 Å². The summed E-state index contributed by atoms with van der Waals surface area (Å²) in [6.45, 7) is 0.720. The lowest BCUT2D eigenvalue weighted by Gasteiger charge is -2.02. The van der Waals surface area contributed by atoms with Gasteiger partial charge in [-0.15, -0.1) is 5.10 Å². The molecule has 1 aromatic heterocycles. The van der Waals surface area contributed by atoms with Gasteiger partial charge in [-0.2, -0.15) is 0 Å². The summed E-state index contributed by atoms with van der Waals surface area (Å²) in [5, 5.41) is 8.68. The zero-order chi connectivity index (χ0) is 10.8. The van der Waals surface area contributed by atoms with Crippen LogP contribution in [0, 0.1) is 0 Å². The molecule has 0 amide bonds. The number of nitrogens with two attached hydrogens (primary N) is 1. The molecule has 0 aliphatic carbocycles. The van der Waals surface area contributed by atoms with Gasteiger partial charge in [-0.05, 0) is 18.2 Å². The Labute approximate surface area is 90.5 Å². The summed E-state index contributed by atoms with van der Waals surface area (Å²) in [6.07, 6.45) is 0. The fraction of sp³-hybridized carbons (Fsp3) is 0.222. The topological polar surface area (TPSA) is 73.8 Å². The molecule has 15 heavy (non-hydrogen) atoms. The highest BCUT2D eigenvalue weighted by molar-refractivity contribution is 6.31. The number of benzene rings is 1. The molecule has 2 rings (SSSR count). The Hall–Kier alpha value is -1.46. The zero-order valence-corrected chi connectivity index (χ0v) is 8.61. The Balaban J connectivity index is 2.69. The lowest BCUT2D eigenvalue weighted by atomic mass is 10.2. The van der Waals surface area contributed by atoms with Crippen molar-refractivity contribution in [2.24, 2.45) is 5.73 Å². The number of hydrogen-bond donors (Lipinski definition) is 1. The first-order chi connectivity index (χ1) is 7.22. The largest absolute Gasteiger partial charge is 0.329 e. The second kappa shape index (κ2) is 3.96. The van der Waals surface area contributed by atoms with Crippen molar-refractivity contribution in [3.8, 4) is 0 Å². The molecule has 1 aromatic carbocycles. The Morgan fingerprint density at radius 3 is 3.00 bits per heavy atom. The number of rotatable bonds is 2. The highest BCUT2D eigenvalue weighted by Crippen LogP contribution is 2.13. The minimum Gasteiger partial charge on any atom is -0.329 e. The molecule has 2 N–H and O–H groups in total. The molecule has 0 bridgehead atoms. The van der Waals surface area contributed by atoms with Crippen LogP contribution in [-0.2, 0) is 6.54 Å². The van der Waals surface area contributed by atoms with E-state index in [4.69, 9.17) is 17.3 Å². The van der Waals surface area contributed by atoms with Crippen molar-refractivity contribution in [2.45, 2.75) is 6.54 Å². The first-order valence-electron chi connectivity index (χ1n) is 4.45. The van der Waals surface area contributed by atoms with E-state index in [-0.39, 0.29) is 5.56 Å². The van der Waals surface area contributed by atoms with E-state index in [2.05, 4.69) is 10.3 Å². The Morgan fingerprint density at radius 1 is 1.47 bits per heavy atom. The third-order valence-corrected chi connectivity index (χ3v) is 2.26. The van der Waals surface area contributed by atoms with Crippen molar-refractivity contribution in [1.82, 2.24) is 15.0 Å². The van der Waals surface area contributed by atoms with E-state index in [1.807, 2.05) is 0 Å². The van der Waals surface area contributed by atoms with Gasteiger partial charge in [0.25, 0.3) is 5.56 Å². The van der Waals surface area contributed by atoms with Crippen LogP contribution in [0.5, 0.6) is 0 Å². The van der Waals surface area contributed by atoms with Gasteiger partial charge < -0.3 is 5.73 Å². The molecule has 0 saturated heterocycles. The van der Waals surface area contributed by atoms with Crippen molar-refractivity contribution >= 4 is 22.5 Å². The van der Waals surface area contributed by atoms with E-state index < -0.39 is 0 Å². The molecule has 0 aliphatic rings. The molecule has 0 saturated carbocycles. The minimum atomic E-state index is -0.192. The predicted molar refractivity (Wildman–Crippen MR) is 57.9 cm³/mol. The Bertz CT molecular complexity index is 551. The smallest absolute Gasteiger partial charge is 0.277 e. The summed E-state index contributed by atoms with van der Waals surface area (Å²) in [5.74, 6) is 0. The highest BCUT2D eigenvalue weighted by Gasteiger charge is 2.04. The molecule has 0 fully saturated rings.